The summed E-state index contributed by atoms with van der Waals surface area (Å²) >= 11 is 6.23. The average Bonchev–Trinajstić information content (AvgIpc) is 2.90. The number of hydrogen-bond donors (Lipinski definition) is 1. The molecule has 0 aliphatic heterocycles. The fraction of sp³-hybridized carbons (Fsp3) is 0.588. The van der Waals surface area contributed by atoms with E-state index in [0.717, 1.165) is 6.54 Å². The van der Waals surface area contributed by atoms with Crippen molar-refractivity contribution in [3.63, 3.8) is 0 Å². The standard InChI is InChI=1S/C17H25ClN2O3S/c1-6-19-10-9-11(2)24(21,22)15-12(18)7-8-13-14(15)23-16(20-13)17(3,4)5/h7-8,11,19H,6,9-10H2,1-5H3. The largest absolute Gasteiger partial charge is 0.439 e. The molecule has 1 N–H and O–H groups in total. The van der Waals surface area contributed by atoms with Crippen molar-refractivity contribution < 1.29 is 12.8 Å². The highest BCUT2D eigenvalue weighted by molar-refractivity contribution is 7.92. The first kappa shape index (κ1) is 19.2. The third-order valence-corrected chi connectivity index (χ3v) is 6.59. The molecule has 0 radical (unpaired) electrons. The first-order valence-corrected chi connectivity index (χ1v) is 10.1. The molecule has 1 aromatic heterocycles. The second kappa shape index (κ2) is 7.02. The molecular formula is C17H25ClN2O3S. The molecule has 0 saturated heterocycles. The smallest absolute Gasteiger partial charge is 0.200 e. The van der Waals surface area contributed by atoms with Crippen LogP contribution in [0.5, 0.6) is 0 Å². The molecule has 2 aromatic rings. The molecule has 5 nitrogen and oxygen atoms in total. The van der Waals surface area contributed by atoms with Gasteiger partial charge in [0.05, 0.1) is 10.3 Å². The van der Waals surface area contributed by atoms with Gasteiger partial charge in [0.15, 0.2) is 15.4 Å². The van der Waals surface area contributed by atoms with Gasteiger partial charge in [0, 0.05) is 5.41 Å². The van der Waals surface area contributed by atoms with Crippen molar-refractivity contribution in [1.29, 1.82) is 0 Å². The Balaban J connectivity index is 2.54. The van der Waals surface area contributed by atoms with Gasteiger partial charge in [0.2, 0.25) is 5.89 Å². The van der Waals surface area contributed by atoms with Crippen LogP contribution in [0.15, 0.2) is 21.4 Å². The fourth-order valence-corrected chi connectivity index (χ4v) is 4.41. The lowest BCUT2D eigenvalue weighted by Crippen LogP contribution is -2.25. The van der Waals surface area contributed by atoms with Crippen LogP contribution in [0.4, 0.5) is 0 Å². The highest BCUT2D eigenvalue weighted by Gasteiger charge is 2.31. The quantitative estimate of drug-likeness (QED) is 0.777. The van der Waals surface area contributed by atoms with Crippen molar-refractivity contribution in [2.45, 2.75) is 56.6 Å². The number of hydrogen-bond acceptors (Lipinski definition) is 5. The van der Waals surface area contributed by atoms with E-state index in [2.05, 4.69) is 10.3 Å². The second-order valence-corrected chi connectivity index (χ2v) is 9.70. The van der Waals surface area contributed by atoms with Crippen molar-refractivity contribution in [3.05, 3.63) is 23.0 Å². The zero-order valence-electron chi connectivity index (χ0n) is 14.8. The van der Waals surface area contributed by atoms with Crippen molar-refractivity contribution in [1.82, 2.24) is 10.3 Å². The predicted octanol–water partition coefficient (Wildman–Crippen LogP) is 3.94. The van der Waals surface area contributed by atoms with Crippen molar-refractivity contribution in [2.24, 2.45) is 0 Å². The van der Waals surface area contributed by atoms with Crippen LogP contribution in [0.2, 0.25) is 5.02 Å². The zero-order chi connectivity index (χ0) is 18.1. The number of benzene rings is 1. The Bertz CT molecular complexity index is 822. The minimum Gasteiger partial charge on any atom is -0.439 e. The number of fused-ring (bicyclic) bond motifs is 1. The maximum atomic E-state index is 13.0. The summed E-state index contributed by atoms with van der Waals surface area (Å²) in [6.07, 6.45) is 0.503. The number of oxazole rings is 1. The van der Waals surface area contributed by atoms with Crippen LogP contribution in [0, 0.1) is 0 Å². The van der Waals surface area contributed by atoms with Crippen molar-refractivity contribution in [2.75, 3.05) is 13.1 Å². The Hall–Kier alpha value is -1.11. The third kappa shape index (κ3) is 3.76. The van der Waals surface area contributed by atoms with Gasteiger partial charge in [-0.1, -0.05) is 39.3 Å². The molecule has 0 aliphatic rings. The number of nitrogens with one attached hydrogen (secondary N) is 1. The first-order chi connectivity index (χ1) is 11.1. The molecule has 0 aliphatic carbocycles. The number of nitrogens with zero attached hydrogens (tertiary/aromatic N) is 1. The van der Waals surface area contributed by atoms with E-state index in [-0.39, 0.29) is 20.9 Å². The van der Waals surface area contributed by atoms with E-state index in [1.54, 1.807) is 19.1 Å². The van der Waals surface area contributed by atoms with Gasteiger partial charge in [-0.3, -0.25) is 0 Å². The van der Waals surface area contributed by atoms with Crippen LogP contribution in [0.3, 0.4) is 0 Å². The molecule has 2 rings (SSSR count). The third-order valence-electron chi connectivity index (χ3n) is 3.90. The maximum Gasteiger partial charge on any atom is 0.200 e. The normalized spacial score (nSPS) is 14.2. The molecule has 0 bridgehead atoms. The van der Waals surface area contributed by atoms with Crippen LogP contribution in [-0.4, -0.2) is 31.7 Å². The molecule has 1 atom stereocenters. The fourth-order valence-electron chi connectivity index (χ4n) is 2.37. The summed E-state index contributed by atoms with van der Waals surface area (Å²) in [5.74, 6) is 0.497. The Labute approximate surface area is 148 Å². The van der Waals surface area contributed by atoms with Crippen molar-refractivity contribution in [3.8, 4) is 0 Å². The van der Waals surface area contributed by atoms with E-state index < -0.39 is 15.1 Å². The van der Waals surface area contributed by atoms with Gasteiger partial charge in [-0.25, -0.2) is 13.4 Å². The number of rotatable bonds is 6. The van der Waals surface area contributed by atoms with Gasteiger partial charge in [-0.05, 0) is 38.6 Å². The Morgan fingerprint density at radius 1 is 1.33 bits per heavy atom. The van der Waals surface area contributed by atoms with E-state index >= 15 is 0 Å². The molecule has 1 unspecified atom stereocenters. The molecule has 1 heterocycles. The minimum atomic E-state index is -3.61. The Morgan fingerprint density at radius 2 is 2.00 bits per heavy atom. The predicted molar refractivity (Wildman–Crippen MR) is 97.5 cm³/mol. The van der Waals surface area contributed by atoms with Crippen LogP contribution in [-0.2, 0) is 15.3 Å². The lowest BCUT2D eigenvalue weighted by atomic mass is 9.97. The average molecular weight is 373 g/mol. The van der Waals surface area contributed by atoms with Gasteiger partial charge in [-0.2, -0.15) is 0 Å². The molecule has 1 aromatic carbocycles. The van der Waals surface area contributed by atoms with Gasteiger partial charge < -0.3 is 9.73 Å². The summed E-state index contributed by atoms with van der Waals surface area (Å²) in [5.41, 5.74) is 0.452. The highest BCUT2D eigenvalue weighted by Crippen LogP contribution is 2.36. The number of sulfone groups is 1. The second-order valence-electron chi connectivity index (χ2n) is 6.99. The molecule has 0 fully saturated rings. The van der Waals surface area contributed by atoms with Gasteiger partial charge >= 0.3 is 0 Å². The van der Waals surface area contributed by atoms with Crippen molar-refractivity contribution >= 4 is 32.5 Å². The summed E-state index contributed by atoms with van der Waals surface area (Å²) in [7, 11) is -3.61. The Morgan fingerprint density at radius 3 is 2.58 bits per heavy atom. The highest BCUT2D eigenvalue weighted by atomic mass is 35.5. The molecule has 0 saturated carbocycles. The van der Waals surface area contributed by atoms with E-state index in [0.29, 0.717) is 24.4 Å². The lowest BCUT2D eigenvalue weighted by molar-refractivity contribution is 0.408. The summed E-state index contributed by atoms with van der Waals surface area (Å²) in [6.45, 7) is 11.0. The van der Waals surface area contributed by atoms with Crippen LogP contribution in [0.25, 0.3) is 11.1 Å². The van der Waals surface area contributed by atoms with E-state index in [1.807, 2.05) is 27.7 Å². The summed E-state index contributed by atoms with van der Waals surface area (Å²) < 4.78 is 31.9. The summed E-state index contributed by atoms with van der Waals surface area (Å²) in [6, 6.07) is 3.27. The van der Waals surface area contributed by atoms with E-state index in [1.165, 1.54) is 0 Å². The SMILES string of the molecule is CCNCCC(C)S(=O)(=O)c1c(Cl)ccc2nc(C(C)(C)C)oc12. The topological polar surface area (TPSA) is 72.2 Å². The monoisotopic (exact) mass is 372 g/mol. The molecule has 0 spiro atoms. The lowest BCUT2D eigenvalue weighted by Gasteiger charge is -2.15. The van der Waals surface area contributed by atoms with Crippen LogP contribution >= 0.6 is 11.6 Å². The van der Waals surface area contributed by atoms with E-state index in [9.17, 15) is 8.42 Å². The molecule has 7 heteroatoms. The summed E-state index contributed by atoms with van der Waals surface area (Å²) in [4.78, 5) is 4.48. The molecule has 24 heavy (non-hydrogen) atoms. The Kier molecular flexibility index (Phi) is 5.62. The van der Waals surface area contributed by atoms with Crippen LogP contribution < -0.4 is 5.32 Å². The number of aromatic nitrogens is 1. The van der Waals surface area contributed by atoms with Gasteiger partial charge in [0.1, 0.15) is 10.4 Å². The minimum absolute atomic E-state index is 0.0497. The molecular weight excluding hydrogens is 348 g/mol. The van der Waals surface area contributed by atoms with Crippen LogP contribution in [0.1, 0.15) is 46.9 Å². The zero-order valence-corrected chi connectivity index (χ0v) is 16.4. The number of halogens is 1. The van der Waals surface area contributed by atoms with E-state index in [4.69, 9.17) is 16.0 Å². The van der Waals surface area contributed by atoms with Gasteiger partial charge in [-0.15, -0.1) is 0 Å². The van der Waals surface area contributed by atoms with Gasteiger partial charge in [0.25, 0.3) is 0 Å². The summed E-state index contributed by atoms with van der Waals surface area (Å²) in [5, 5.41) is 2.75. The molecule has 134 valence electrons. The maximum absolute atomic E-state index is 13.0. The molecule has 0 amide bonds. The first-order valence-electron chi connectivity index (χ1n) is 8.13.